The maximum Gasteiger partial charge on any atom is 0.325 e. The first-order valence-electron chi connectivity index (χ1n) is 8.31. The number of carbonyl (C=O) groups is 1. The van der Waals surface area contributed by atoms with Gasteiger partial charge in [-0.25, -0.2) is 0 Å². The summed E-state index contributed by atoms with van der Waals surface area (Å²) in [4.78, 5) is 17.1. The number of hydrogen-bond donors (Lipinski definition) is 1. The minimum atomic E-state index is -0.541. The van der Waals surface area contributed by atoms with Gasteiger partial charge in [-0.1, -0.05) is 6.92 Å². The summed E-state index contributed by atoms with van der Waals surface area (Å²) >= 11 is 0. The second kappa shape index (κ2) is 7.07. The summed E-state index contributed by atoms with van der Waals surface area (Å²) in [7, 11) is 1.48. The summed E-state index contributed by atoms with van der Waals surface area (Å²) in [6, 6.07) is 1.11. The van der Waals surface area contributed by atoms with Crippen LogP contribution >= 0.6 is 0 Å². The average Bonchev–Trinajstić information content (AvgIpc) is 3.28. The predicted octanol–water partition coefficient (Wildman–Crippen LogP) is 1.09. The molecule has 2 rings (SSSR count). The summed E-state index contributed by atoms with van der Waals surface area (Å²) < 4.78 is 5.01. The van der Waals surface area contributed by atoms with Gasteiger partial charge in [0, 0.05) is 38.3 Å². The third-order valence-electron chi connectivity index (χ3n) is 4.92. The molecule has 1 saturated carbocycles. The van der Waals surface area contributed by atoms with Crippen LogP contribution in [-0.4, -0.2) is 73.2 Å². The molecule has 0 radical (unpaired) electrons. The lowest BCUT2D eigenvalue weighted by molar-refractivity contribution is -0.148. The van der Waals surface area contributed by atoms with E-state index < -0.39 is 5.54 Å². The van der Waals surface area contributed by atoms with Gasteiger partial charge in [0.25, 0.3) is 0 Å². The number of esters is 1. The Bertz CT molecular complexity index is 359. The number of hydrogen-bond acceptors (Lipinski definition) is 5. The normalized spacial score (nSPS) is 27.3. The van der Waals surface area contributed by atoms with Crippen molar-refractivity contribution >= 4 is 5.97 Å². The van der Waals surface area contributed by atoms with Gasteiger partial charge in [0.15, 0.2) is 0 Å². The fraction of sp³-hybridized carbons (Fsp3) is 0.938. The van der Waals surface area contributed by atoms with Gasteiger partial charge in [-0.05, 0) is 39.7 Å². The molecule has 0 bridgehead atoms. The minimum Gasteiger partial charge on any atom is -0.468 e. The van der Waals surface area contributed by atoms with Crippen LogP contribution in [-0.2, 0) is 9.53 Å². The molecule has 1 heterocycles. The van der Waals surface area contributed by atoms with E-state index in [1.54, 1.807) is 0 Å². The molecule has 21 heavy (non-hydrogen) atoms. The van der Waals surface area contributed by atoms with E-state index in [0.717, 1.165) is 39.1 Å². The van der Waals surface area contributed by atoms with Crippen LogP contribution in [0, 0.1) is 0 Å². The molecule has 5 heteroatoms. The van der Waals surface area contributed by atoms with Crippen LogP contribution in [0.25, 0.3) is 0 Å². The highest BCUT2D eigenvalue weighted by atomic mass is 16.5. The van der Waals surface area contributed by atoms with Gasteiger partial charge in [-0.3, -0.25) is 15.0 Å². The summed E-state index contributed by atoms with van der Waals surface area (Å²) in [6.07, 6.45) is 3.17. The Morgan fingerprint density at radius 1 is 1.38 bits per heavy atom. The number of methoxy groups -OCH3 is 1. The number of nitrogens with zero attached hydrogens (tertiary/aromatic N) is 2. The van der Waals surface area contributed by atoms with Crippen molar-refractivity contribution in [1.29, 1.82) is 0 Å². The number of nitrogens with one attached hydrogen (secondary N) is 1. The van der Waals surface area contributed by atoms with Crippen molar-refractivity contribution in [3.8, 4) is 0 Å². The van der Waals surface area contributed by atoms with Crippen molar-refractivity contribution in [2.45, 2.75) is 57.7 Å². The molecular formula is C16H31N3O2. The topological polar surface area (TPSA) is 44.8 Å². The second-order valence-electron chi connectivity index (χ2n) is 6.77. The molecule has 1 N–H and O–H groups in total. The molecule has 1 aliphatic carbocycles. The Labute approximate surface area is 129 Å². The molecule has 122 valence electrons. The molecule has 2 aliphatic rings. The Hall–Kier alpha value is -0.650. The molecule has 0 aromatic rings. The summed E-state index contributed by atoms with van der Waals surface area (Å²) in [6.45, 7) is 11.9. The molecule has 2 atom stereocenters. The fourth-order valence-electron chi connectivity index (χ4n) is 3.26. The zero-order valence-electron chi connectivity index (χ0n) is 14.0. The molecule has 0 spiro atoms. The number of rotatable bonds is 7. The van der Waals surface area contributed by atoms with E-state index in [0.29, 0.717) is 12.1 Å². The third kappa shape index (κ3) is 4.41. The Morgan fingerprint density at radius 2 is 2.10 bits per heavy atom. The van der Waals surface area contributed by atoms with E-state index in [2.05, 4.69) is 29.0 Å². The number of piperazine rings is 1. The van der Waals surface area contributed by atoms with Crippen LogP contribution in [0.3, 0.4) is 0 Å². The van der Waals surface area contributed by atoms with E-state index in [1.165, 1.54) is 20.0 Å². The van der Waals surface area contributed by atoms with Crippen molar-refractivity contribution < 1.29 is 9.53 Å². The smallest absolute Gasteiger partial charge is 0.325 e. The Morgan fingerprint density at radius 3 is 2.62 bits per heavy atom. The van der Waals surface area contributed by atoms with Crippen LogP contribution in [0.15, 0.2) is 0 Å². The van der Waals surface area contributed by atoms with Crippen LogP contribution in [0.1, 0.15) is 40.0 Å². The zero-order valence-corrected chi connectivity index (χ0v) is 14.0. The standard InChI is InChI=1S/C16H31N3O2/c1-5-19-11-10-18(12-13(19)2)9-8-16(3,15(20)21-4)17-14-6-7-14/h13-14,17H,5-12H2,1-4H3. The average molecular weight is 297 g/mol. The van der Waals surface area contributed by atoms with E-state index in [-0.39, 0.29) is 5.97 Å². The highest BCUT2D eigenvalue weighted by Crippen LogP contribution is 2.25. The highest BCUT2D eigenvalue weighted by molar-refractivity contribution is 5.80. The first kappa shape index (κ1) is 16.7. The second-order valence-corrected chi connectivity index (χ2v) is 6.77. The van der Waals surface area contributed by atoms with Crippen LogP contribution in [0.5, 0.6) is 0 Å². The predicted molar refractivity (Wildman–Crippen MR) is 84.3 cm³/mol. The molecular weight excluding hydrogens is 266 g/mol. The first-order chi connectivity index (χ1) is 9.98. The summed E-state index contributed by atoms with van der Waals surface area (Å²) in [5.41, 5.74) is -0.541. The van der Waals surface area contributed by atoms with E-state index in [9.17, 15) is 4.79 Å². The largest absolute Gasteiger partial charge is 0.468 e. The van der Waals surface area contributed by atoms with Crippen molar-refractivity contribution in [2.75, 3.05) is 39.8 Å². The van der Waals surface area contributed by atoms with Crippen LogP contribution in [0.2, 0.25) is 0 Å². The molecule has 0 amide bonds. The summed E-state index contributed by atoms with van der Waals surface area (Å²) in [5, 5.41) is 3.48. The lowest BCUT2D eigenvalue weighted by Gasteiger charge is -2.40. The summed E-state index contributed by atoms with van der Waals surface area (Å²) in [5.74, 6) is -0.130. The molecule has 1 saturated heterocycles. The van der Waals surface area contributed by atoms with Gasteiger partial charge in [0.2, 0.25) is 0 Å². The Kier molecular flexibility index (Phi) is 5.63. The van der Waals surface area contributed by atoms with Crippen LogP contribution in [0.4, 0.5) is 0 Å². The van der Waals surface area contributed by atoms with Crippen LogP contribution < -0.4 is 5.32 Å². The molecule has 0 aromatic carbocycles. The maximum absolute atomic E-state index is 12.1. The van der Waals surface area contributed by atoms with E-state index in [4.69, 9.17) is 4.74 Å². The number of likely N-dealkylation sites (N-methyl/N-ethyl adjacent to an activating group) is 1. The number of ether oxygens (including phenoxy) is 1. The quantitative estimate of drug-likeness (QED) is 0.713. The van der Waals surface area contributed by atoms with E-state index in [1.807, 2.05) is 6.92 Å². The lowest BCUT2D eigenvalue weighted by atomic mass is 9.96. The van der Waals surface area contributed by atoms with Gasteiger partial charge >= 0.3 is 5.97 Å². The Balaban J connectivity index is 1.85. The monoisotopic (exact) mass is 297 g/mol. The van der Waals surface area contributed by atoms with Crippen molar-refractivity contribution in [1.82, 2.24) is 15.1 Å². The van der Waals surface area contributed by atoms with Crippen molar-refractivity contribution in [3.63, 3.8) is 0 Å². The van der Waals surface area contributed by atoms with Gasteiger partial charge in [0.05, 0.1) is 7.11 Å². The van der Waals surface area contributed by atoms with Gasteiger partial charge in [-0.2, -0.15) is 0 Å². The lowest BCUT2D eigenvalue weighted by Crippen LogP contribution is -2.56. The van der Waals surface area contributed by atoms with Crippen molar-refractivity contribution in [2.24, 2.45) is 0 Å². The molecule has 2 fully saturated rings. The molecule has 1 aliphatic heterocycles. The molecule has 2 unspecified atom stereocenters. The van der Waals surface area contributed by atoms with E-state index >= 15 is 0 Å². The minimum absolute atomic E-state index is 0.130. The van der Waals surface area contributed by atoms with Gasteiger partial charge in [0.1, 0.15) is 5.54 Å². The highest BCUT2D eigenvalue weighted by Gasteiger charge is 2.39. The van der Waals surface area contributed by atoms with Gasteiger partial charge < -0.3 is 9.64 Å². The zero-order chi connectivity index (χ0) is 15.5. The maximum atomic E-state index is 12.1. The molecule has 0 aromatic heterocycles. The third-order valence-corrected chi connectivity index (χ3v) is 4.92. The van der Waals surface area contributed by atoms with Gasteiger partial charge in [-0.15, -0.1) is 0 Å². The fourth-order valence-corrected chi connectivity index (χ4v) is 3.26. The van der Waals surface area contributed by atoms with Crippen molar-refractivity contribution in [3.05, 3.63) is 0 Å². The first-order valence-corrected chi connectivity index (χ1v) is 8.31. The SMILES string of the molecule is CCN1CCN(CCC(C)(NC2CC2)C(=O)OC)CC1C. The number of carbonyl (C=O) groups excluding carboxylic acids is 1. The molecule has 5 nitrogen and oxygen atoms in total.